The molecule has 0 spiro atoms. The standard InChI is InChI=1S/C12H19FN4O/c1-2-3-4-5-7-16-12(18)9-6-8-15-11(17-14)10(9)13/h6,8H,2-5,7,14H2,1H3,(H,15,17)(H,16,18). The Morgan fingerprint density at radius 2 is 2.22 bits per heavy atom. The third-order valence-electron chi connectivity index (χ3n) is 2.59. The zero-order chi connectivity index (χ0) is 13.4. The highest BCUT2D eigenvalue weighted by Crippen LogP contribution is 2.13. The fraction of sp³-hybridized carbons (Fsp3) is 0.500. The van der Waals surface area contributed by atoms with Crippen molar-refractivity contribution in [2.75, 3.05) is 12.0 Å². The van der Waals surface area contributed by atoms with Crippen LogP contribution in [0.5, 0.6) is 0 Å². The van der Waals surface area contributed by atoms with Crippen LogP contribution in [0.1, 0.15) is 43.0 Å². The first-order valence-electron chi connectivity index (χ1n) is 6.10. The first-order chi connectivity index (χ1) is 8.70. The molecule has 5 nitrogen and oxygen atoms in total. The summed E-state index contributed by atoms with van der Waals surface area (Å²) in [6, 6.07) is 1.33. The Hall–Kier alpha value is -1.69. The average molecular weight is 254 g/mol. The Balaban J connectivity index is 2.51. The van der Waals surface area contributed by atoms with Gasteiger partial charge in [-0.1, -0.05) is 26.2 Å². The number of nitrogens with two attached hydrogens (primary N) is 1. The number of anilines is 1. The average Bonchev–Trinajstić information content (AvgIpc) is 2.38. The van der Waals surface area contributed by atoms with Crippen LogP contribution < -0.4 is 16.6 Å². The minimum atomic E-state index is -0.731. The Kier molecular flexibility index (Phi) is 6.07. The summed E-state index contributed by atoms with van der Waals surface area (Å²) in [6.45, 7) is 2.66. The van der Waals surface area contributed by atoms with E-state index in [1.165, 1.54) is 12.3 Å². The van der Waals surface area contributed by atoms with Gasteiger partial charge in [-0.25, -0.2) is 15.2 Å². The zero-order valence-electron chi connectivity index (χ0n) is 10.5. The third kappa shape index (κ3) is 3.96. The van der Waals surface area contributed by atoms with Crippen LogP contribution in [-0.2, 0) is 0 Å². The summed E-state index contributed by atoms with van der Waals surface area (Å²) in [5, 5.41) is 2.67. The van der Waals surface area contributed by atoms with Crippen molar-refractivity contribution in [2.24, 2.45) is 5.84 Å². The number of unbranched alkanes of at least 4 members (excludes halogenated alkanes) is 3. The molecule has 1 rings (SSSR count). The maximum absolute atomic E-state index is 13.7. The summed E-state index contributed by atoms with van der Waals surface area (Å²) in [5.41, 5.74) is 2.06. The van der Waals surface area contributed by atoms with Crippen LogP contribution in [0.15, 0.2) is 12.3 Å². The van der Waals surface area contributed by atoms with E-state index in [1.54, 1.807) is 0 Å². The summed E-state index contributed by atoms with van der Waals surface area (Å²) in [5.74, 6) is 3.79. The van der Waals surface area contributed by atoms with Crippen molar-refractivity contribution >= 4 is 11.7 Å². The van der Waals surface area contributed by atoms with Gasteiger partial charge < -0.3 is 10.7 Å². The molecule has 0 aromatic carbocycles. The molecular formula is C12H19FN4O. The lowest BCUT2D eigenvalue weighted by molar-refractivity contribution is 0.0949. The first-order valence-corrected chi connectivity index (χ1v) is 6.10. The number of carbonyl (C=O) groups is 1. The second-order valence-corrected chi connectivity index (χ2v) is 3.98. The molecule has 0 saturated heterocycles. The highest BCUT2D eigenvalue weighted by molar-refractivity contribution is 5.95. The topological polar surface area (TPSA) is 80.0 Å². The summed E-state index contributed by atoms with van der Waals surface area (Å²) >= 11 is 0. The smallest absolute Gasteiger partial charge is 0.254 e. The molecule has 4 N–H and O–H groups in total. The normalized spacial score (nSPS) is 10.2. The van der Waals surface area contributed by atoms with E-state index in [4.69, 9.17) is 5.84 Å². The zero-order valence-corrected chi connectivity index (χ0v) is 10.5. The van der Waals surface area contributed by atoms with Gasteiger partial charge in [0.25, 0.3) is 5.91 Å². The van der Waals surface area contributed by atoms with Crippen molar-refractivity contribution in [1.82, 2.24) is 10.3 Å². The van der Waals surface area contributed by atoms with Gasteiger partial charge in [-0.05, 0) is 12.5 Å². The Morgan fingerprint density at radius 3 is 2.89 bits per heavy atom. The molecule has 0 saturated carbocycles. The Morgan fingerprint density at radius 1 is 1.44 bits per heavy atom. The summed E-state index contributed by atoms with van der Waals surface area (Å²) in [7, 11) is 0. The minimum Gasteiger partial charge on any atom is -0.352 e. The largest absolute Gasteiger partial charge is 0.352 e. The molecule has 0 aliphatic rings. The predicted molar refractivity (Wildman–Crippen MR) is 68.5 cm³/mol. The molecule has 0 atom stereocenters. The number of rotatable bonds is 7. The number of halogens is 1. The molecule has 1 aromatic rings. The highest BCUT2D eigenvalue weighted by Gasteiger charge is 2.14. The van der Waals surface area contributed by atoms with E-state index in [9.17, 15) is 9.18 Å². The van der Waals surface area contributed by atoms with Crippen LogP contribution in [0.4, 0.5) is 10.2 Å². The van der Waals surface area contributed by atoms with Crippen LogP contribution in [0.2, 0.25) is 0 Å². The summed E-state index contributed by atoms with van der Waals surface area (Å²) in [4.78, 5) is 15.4. The van der Waals surface area contributed by atoms with Gasteiger partial charge in [-0.15, -0.1) is 0 Å². The molecule has 6 heteroatoms. The number of hydrogen-bond acceptors (Lipinski definition) is 4. The number of hydrogen-bond donors (Lipinski definition) is 3. The molecule has 1 amide bonds. The molecule has 0 radical (unpaired) electrons. The van der Waals surface area contributed by atoms with Gasteiger partial charge in [0.1, 0.15) is 0 Å². The lowest BCUT2D eigenvalue weighted by atomic mass is 10.2. The molecule has 0 aliphatic heterocycles. The number of amides is 1. The van der Waals surface area contributed by atoms with E-state index < -0.39 is 11.7 Å². The Bertz CT molecular complexity index is 398. The van der Waals surface area contributed by atoms with Crippen LogP contribution in [-0.4, -0.2) is 17.4 Å². The quantitative estimate of drug-likeness (QED) is 0.394. The number of hydrazine groups is 1. The number of nitrogens with zero attached hydrogens (tertiary/aromatic N) is 1. The fourth-order valence-electron chi connectivity index (χ4n) is 1.57. The van der Waals surface area contributed by atoms with E-state index in [0.717, 1.165) is 25.7 Å². The lowest BCUT2D eigenvalue weighted by Crippen LogP contribution is -2.26. The van der Waals surface area contributed by atoms with E-state index in [1.807, 2.05) is 0 Å². The van der Waals surface area contributed by atoms with Gasteiger partial charge >= 0.3 is 0 Å². The number of nitrogens with one attached hydrogen (secondary N) is 2. The third-order valence-corrected chi connectivity index (χ3v) is 2.59. The number of nitrogen functional groups attached to an aromatic ring is 1. The van der Waals surface area contributed by atoms with Crippen molar-refractivity contribution in [1.29, 1.82) is 0 Å². The van der Waals surface area contributed by atoms with Gasteiger partial charge in [0.2, 0.25) is 0 Å². The van der Waals surface area contributed by atoms with Gasteiger partial charge in [0.05, 0.1) is 5.56 Å². The van der Waals surface area contributed by atoms with Crippen molar-refractivity contribution in [2.45, 2.75) is 32.6 Å². The molecule has 18 heavy (non-hydrogen) atoms. The number of pyridine rings is 1. The second kappa shape index (κ2) is 7.60. The van der Waals surface area contributed by atoms with Crippen LogP contribution in [0.25, 0.3) is 0 Å². The SMILES string of the molecule is CCCCCCNC(=O)c1ccnc(NN)c1F. The monoisotopic (exact) mass is 254 g/mol. The van der Waals surface area contributed by atoms with E-state index in [0.29, 0.717) is 6.54 Å². The fourth-order valence-corrected chi connectivity index (χ4v) is 1.57. The molecular weight excluding hydrogens is 235 g/mol. The highest BCUT2D eigenvalue weighted by atomic mass is 19.1. The van der Waals surface area contributed by atoms with Crippen molar-refractivity contribution in [3.8, 4) is 0 Å². The van der Waals surface area contributed by atoms with Crippen molar-refractivity contribution in [3.05, 3.63) is 23.6 Å². The van der Waals surface area contributed by atoms with Gasteiger partial charge in [-0.3, -0.25) is 4.79 Å². The van der Waals surface area contributed by atoms with Crippen LogP contribution in [0, 0.1) is 5.82 Å². The lowest BCUT2D eigenvalue weighted by Gasteiger charge is -2.07. The van der Waals surface area contributed by atoms with Crippen LogP contribution in [0.3, 0.4) is 0 Å². The van der Waals surface area contributed by atoms with E-state index in [-0.39, 0.29) is 11.4 Å². The molecule has 0 aliphatic carbocycles. The summed E-state index contributed by atoms with van der Waals surface area (Å²) < 4.78 is 13.7. The number of aromatic nitrogens is 1. The molecule has 1 aromatic heterocycles. The maximum atomic E-state index is 13.7. The molecule has 0 fully saturated rings. The predicted octanol–water partition coefficient (Wildman–Crippen LogP) is 1.82. The molecule has 1 heterocycles. The first kappa shape index (κ1) is 14.4. The Labute approximate surface area is 106 Å². The second-order valence-electron chi connectivity index (χ2n) is 3.98. The van der Waals surface area contributed by atoms with Crippen molar-refractivity contribution in [3.63, 3.8) is 0 Å². The maximum Gasteiger partial charge on any atom is 0.254 e. The minimum absolute atomic E-state index is 0.0477. The van der Waals surface area contributed by atoms with E-state index >= 15 is 0 Å². The van der Waals surface area contributed by atoms with Gasteiger partial charge in [-0.2, -0.15) is 0 Å². The van der Waals surface area contributed by atoms with E-state index in [2.05, 4.69) is 22.7 Å². The molecule has 100 valence electrons. The van der Waals surface area contributed by atoms with Gasteiger partial charge in [0, 0.05) is 12.7 Å². The summed E-state index contributed by atoms with van der Waals surface area (Å²) in [6.07, 6.45) is 5.57. The van der Waals surface area contributed by atoms with Gasteiger partial charge in [0.15, 0.2) is 11.6 Å². The van der Waals surface area contributed by atoms with Crippen LogP contribution >= 0.6 is 0 Å². The molecule has 0 unspecified atom stereocenters. The molecule has 0 bridgehead atoms. The number of carbonyl (C=O) groups excluding carboxylic acids is 1. The van der Waals surface area contributed by atoms with Crippen molar-refractivity contribution < 1.29 is 9.18 Å².